The van der Waals surface area contributed by atoms with Gasteiger partial charge in [0.2, 0.25) is 15.9 Å². The molecule has 5 nitrogen and oxygen atoms in total. The molecule has 1 unspecified atom stereocenters. The fraction of sp³-hybridized carbons (Fsp3) is 0.409. The molecule has 1 amide bonds. The molecule has 32 heavy (non-hydrogen) atoms. The molecule has 0 radical (unpaired) electrons. The number of amides is 1. The van der Waals surface area contributed by atoms with Crippen LogP contribution in [0.2, 0.25) is 5.02 Å². The van der Waals surface area contributed by atoms with Crippen LogP contribution < -0.4 is 9.62 Å². The molecule has 0 bridgehead atoms. The third kappa shape index (κ3) is 5.75. The molecule has 0 spiro atoms. The molecule has 1 atom stereocenters. The Bertz CT molecular complexity index is 1120. The lowest BCUT2D eigenvalue weighted by molar-refractivity contribution is -0.137. The number of carbonyl (C=O) groups excluding carboxylic acids is 1. The maximum absolute atomic E-state index is 13.2. The molecule has 0 saturated carbocycles. The van der Waals surface area contributed by atoms with Gasteiger partial charge < -0.3 is 5.32 Å². The van der Waals surface area contributed by atoms with Crippen molar-refractivity contribution < 1.29 is 26.4 Å². The van der Waals surface area contributed by atoms with Gasteiger partial charge in [0.25, 0.3) is 0 Å². The third-order valence-electron chi connectivity index (χ3n) is 5.48. The largest absolute Gasteiger partial charge is 0.417 e. The normalized spacial score (nSPS) is 15.1. The van der Waals surface area contributed by atoms with Gasteiger partial charge in [0.15, 0.2) is 0 Å². The Labute approximate surface area is 190 Å². The van der Waals surface area contributed by atoms with Crippen molar-refractivity contribution in [3.05, 3.63) is 63.7 Å². The highest BCUT2D eigenvalue weighted by Crippen LogP contribution is 2.37. The van der Waals surface area contributed by atoms with E-state index >= 15 is 0 Å². The van der Waals surface area contributed by atoms with Crippen LogP contribution in [-0.4, -0.2) is 27.1 Å². The van der Waals surface area contributed by atoms with E-state index in [0.717, 1.165) is 49.6 Å². The van der Waals surface area contributed by atoms with E-state index in [-0.39, 0.29) is 5.69 Å². The lowest BCUT2D eigenvalue weighted by Crippen LogP contribution is -2.41. The summed E-state index contributed by atoms with van der Waals surface area (Å²) in [7, 11) is -4.04. The summed E-state index contributed by atoms with van der Waals surface area (Å²) >= 11 is 5.63. The maximum atomic E-state index is 13.2. The second kappa shape index (κ2) is 9.31. The quantitative estimate of drug-likeness (QED) is 0.630. The van der Waals surface area contributed by atoms with Crippen molar-refractivity contribution in [1.29, 1.82) is 0 Å². The topological polar surface area (TPSA) is 66.5 Å². The average molecular weight is 489 g/mol. The minimum Gasteiger partial charge on any atom is -0.348 e. The number of halogens is 4. The van der Waals surface area contributed by atoms with Crippen LogP contribution in [0.15, 0.2) is 36.4 Å². The van der Waals surface area contributed by atoms with Gasteiger partial charge in [-0.3, -0.25) is 9.10 Å². The zero-order valence-corrected chi connectivity index (χ0v) is 19.2. The van der Waals surface area contributed by atoms with E-state index in [9.17, 15) is 26.4 Å². The summed E-state index contributed by atoms with van der Waals surface area (Å²) in [5, 5.41) is 2.18. The first kappa shape index (κ1) is 24.4. The maximum Gasteiger partial charge on any atom is 0.417 e. The highest BCUT2D eigenvalue weighted by atomic mass is 35.5. The first-order valence-corrected chi connectivity index (χ1v) is 12.3. The lowest BCUT2D eigenvalue weighted by atomic mass is 9.89. The zero-order valence-electron chi connectivity index (χ0n) is 17.7. The summed E-state index contributed by atoms with van der Waals surface area (Å²) in [6.07, 6.45) is 0.335. The summed E-state index contributed by atoms with van der Waals surface area (Å²) in [5.41, 5.74) is 1.96. The number of benzene rings is 2. The van der Waals surface area contributed by atoms with Crippen molar-refractivity contribution in [2.45, 2.75) is 44.8 Å². The molecule has 3 rings (SSSR count). The number of nitrogens with one attached hydrogen (secondary N) is 1. The number of alkyl halides is 3. The molecular formula is C22H24ClF3N2O3S. The Morgan fingerprint density at radius 1 is 1.12 bits per heavy atom. The number of anilines is 1. The molecule has 0 aromatic heterocycles. The molecule has 0 aliphatic heterocycles. The number of rotatable bonds is 6. The van der Waals surface area contributed by atoms with Gasteiger partial charge in [0.05, 0.1) is 28.6 Å². The van der Waals surface area contributed by atoms with Crippen LogP contribution in [-0.2, 0) is 33.8 Å². The minimum absolute atomic E-state index is 0.291. The van der Waals surface area contributed by atoms with Crippen LogP contribution in [0.1, 0.15) is 48.1 Å². The standard InChI is InChI=1S/C22H24ClF3N2O3S/c1-14(16-8-7-15-5-3-4-6-17(15)11-16)27-21(29)13-28(32(2,30)31)18-9-10-20(23)19(12-18)22(24,25)26/h7-12,14H,3-6,13H2,1-2H3,(H,27,29). The molecule has 174 valence electrons. The Hall–Kier alpha value is -2.26. The fourth-order valence-electron chi connectivity index (χ4n) is 3.81. The van der Waals surface area contributed by atoms with Crippen LogP contribution in [0.4, 0.5) is 18.9 Å². The van der Waals surface area contributed by atoms with Crippen molar-refractivity contribution in [2.75, 3.05) is 17.1 Å². The van der Waals surface area contributed by atoms with E-state index in [0.29, 0.717) is 10.4 Å². The van der Waals surface area contributed by atoms with Gasteiger partial charge in [-0.25, -0.2) is 8.42 Å². The van der Waals surface area contributed by atoms with Crippen LogP contribution in [0, 0.1) is 0 Å². The first-order chi connectivity index (χ1) is 14.9. The fourth-order valence-corrected chi connectivity index (χ4v) is 4.88. The smallest absolute Gasteiger partial charge is 0.348 e. The highest BCUT2D eigenvalue weighted by Gasteiger charge is 2.34. The number of sulfonamides is 1. The highest BCUT2D eigenvalue weighted by molar-refractivity contribution is 7.92. The monoisotopic (exact) mass is 488 g/mol. The number of fused-ring (bicyclic) bond motifs is 1. The second-order valence-electron chi connectivity index (χ2n) is 7.96. The molecule has 1 aliphatic carbocycles. The van der Waals surface area contributed by atoms with E-state index in [1.807, 2.05) is 18.2 Å². The number of hydrogen-bond donors (Lipinski definition) is 1. The number of nitrogens with zero attached hydrogens (tertiary/aromatic N) is 1. The predicted molar refractivity (Wildman–Crippen MR) is 118 cm³/mol. The molecule has 0 saturated heterocycles. The first-order valence-electron chi connectivity index (χ1n) is 10.1. The van der Waals surface area contributed by atoms with E-state index in [4.69, 9.17) is 11.6 Å². The second-order valence-corrected chi connectivity index (χ2v) is 10.3. The Morgan fingerprint density at radius 2 is 1.78 bits per heavy atom. The van der Waals surface area contributed by atoms with E-state index in [2.05, 4.69) is 5.32 Å². The van der Waals surface area contributed by atoms with Gasteiger partial charge in [0, 0.05) is 0 Å². The van der Waals surface area contributed by atoms with Crippen molar-refractivity contribution in [1.82, 2.24) is 5.32 Å². The SMILES string of the molecule is CC(NC(=O)CN(c1ccc(Cl)c(C(F)(F)F)c1)S(C)(=O)=O)c1ccc2c(c1)CCCC2. The Kier molecular flexibility index (Phi) is 7.09. The molecule has 1 aliphatic rings. The molecular weight excluding hydrogens is 465 g/mol. The van der Waals surface area contributed by atoms with Crippen LogP contribution in [0.3, 0.4) is 0 Å². The summed E-state index contributed by atoms with van der Waals surface area (Å²) in [6, 6.07) is 8.35. The summed E-state index contributed by atoms with van der Waals surface area (Å²) in [5.74, 6) is -0.635. The zero-order chi connectivity index (χ0) is 23.7. The van der Waals surface area contributed by atoms with Crippen LogP contribution in [0.5, 0.6) is 0 Å². The third-order valence-corrected chi connectivity index (χ3v) is 6.95. The molecule has 1 N–H and O–H groups in total. The average Bonchev–Trinajstić information content (AvgIpc) is 2.70. The van der Waals surface area contributed by atoms with Gasteiger partial charge in [-0.2, -0.15) is 13.2 Å². The predicted octanol–water partition coefficient (Wildman–Crippen LogP) is 4.88. The van der Waals surface area contributed by atoms with Gasteiger partial charge in [-0.15, -0.1) is 0 Å². The van der Waals surface area contributed by atoms with E-state index < -0.39 is 45.3 Å². The Morgan fingerprint density at radius 3 is 2.41 bits per heavy atom. The van der Waals surface area contributed by atoms with Crippen molar-refractivity contribution in [2.24, 2.45) is 0 Å². The van der Waals surface area contributed by atoms with Gasteiger partial charge in [0.1, 0.15) is 6.54 Å². The van der Waals surface area contributed by atoms with Gasteiger partial charge >= 0.3 is 6.18 Å². The number of hydrogen-bond acceptors (Lipinski definition) is 3. The summed E-state index contributed by atoms with van der Waals surface area (Å²) in [4.78, 5) is 12.6. The van der Waals surface area contributed by atoms with Crippen LogP contribution >= 0.6 is 11.6 Å². The van der Waals surface area contributed by atoms with Gasteiger partial charge in [-0.1, -0.05) is 29.8 Å². The Balaban J connectivity index is 1.79. The molecule has 2 aromatic rings. The minimum atomic E-state index is -4.76. The summed E-state index contributed by atoms with van der Waals surface area (Å²) < 4.78 is 64.8. The number of carbonyl (C=O) groups is 1. The van der Waals surface area contributed by atoms with Crippen molar-refractivity contribution in [3.63, 3.8) is 0 Å². The molecule has 0 heterocycles. The number of aryl methyl sites for hydroxylation is 2. The molecule has 0 fully saturated rings. The van der Waals surface area contributed by atoms with E-state index in [1.165, 1.54) is 11.1 Å². The van der Waals surface area contributed by atoms with Gasteiger partial charge in [-0.05, 0) is 67.5 Å². The van der Waals surface area contributed by atoms with Crippen molar-refractivity contribution >= 4 is 33.2 Å². The molecule has 10 heteroatoms. The van der Waals surface area contributed by atoms with Crippen molar-refractivity contribution in [3.8, 4) is 0 Å². The van der Waals surface area contributed by atoms with E-state index in [1.54, 1.807) is 6.92 Å². The summed E-state index contributed by atoms with van der Waals surface area (Å²) in [6.45, 7) is 1.12. The lowest BCUT2D eigenvalue weighted by Gasteiger charge is -2.25. The molecule has 2 aromatic carbocycles. The van der Waals surface area contributed by atoms with Crippen LogP contribution in [0.25, 0.3) is 0 Å².